The van der Waals surface area contributed by atoms with Crippen LogP contribution < -0.4 is 19.7 Å². The molecule has 6 nitrogen and oxygen atoms in total. The minimum atomic E-state index is -0.746. The Labute approximate surface area is 146 Å². The zero-order valence-corrected chi connectivity index (χ0v) is 14.2. The van der Waals surface area contributed by atoms with Crippen LogP contribution in [0.3, 0.4) is 0 Å². The summed E-state index contributed by atoms with van der Waals surface area (Å²) < 4.78 is 11.0. The molecule has 1 atom stereocenters. The highest BCUT2D eigenvalue weighted by molar-refractivity contribution is 5.95. The van der Waals surface area contributed by atoms with Crippen LogP contribution in [0.4, 0.5) is 5.69 Å². The molecule has 1 N–H and O–H groups in total. The molecule has 1 aliphatic rings. The number of carbonyl (C=O) groups excluding carboxylic acids is 2. The molecule has 2 aromatic rings. The predicted octanol–water partition coefficient (Wildman–Crippen LogP) is 2.13. The van der Waals surface area contributed by atoms with Gasteiger partial charge < -0.3 is 19.7 Å². The van der Waals surface area contributed by atoms with Crippen LogP contribution in [0, 0.1) is 0 Å². The van der Waals surface area contributed by atoms with E-state index in [-0.39, 0.29) is 18.4 Å². The van der Waals surface area contributed by atoms with E-state index in [1.54, 1.807) is 24.1 Å². The van der Waals surface area contributed by atoms with E-state index in [4.69, 9.17) is 9.47 Å². The fraction of sp³-hybridized carbons (Fsp3) is 0.263. The molecule has 25 heavy (non-hydrogen) atoms. The second-order valence-electron chi connectivity index (χ2n) is 5.77. The fourth-order valence-electron chi connectivity index (χ4n) is 2.75. The molecule has 0 bridgehead atoms. The molecule has 1 heterocycles. The van der Waals surface area contributed by atoms with E-state index in [2.05, 4.69) is 5.32 Å². The van der Waals surface area contributed by atoms with Crippen molar-refractivity contribution in [1.29, 1.82) is 0 Å². The molecule has 1 aliphatic heterocycles. The highest BCUT2D eigenvalue weighted by Crippen LogP contribution is 2.33. The van der Waals surface area contributed by atoms with E-state index in [0.29, 0.717) is 18.0 Å². The standard InChI is InChI=1S/C19H20N2O4/c1-13(22)21-12-18(25-17-9-4-3-8-16(17)21)19(23)20-11-14-6-5-7-15(10-14)24-2/h3-10,18H,11-12H2,1-2H3,(H,20,23)/t18-/m1/s1. The third-order valence-corrected chi connectivity index (χ3v) is 4.05. The topological polar surface area (TPSA) is 67.9 Å². The van der Waals surface area contributed by atoms with Gasteiger partial charge in [-0.3, -0.25) is 9.59 Å². The number of ether oxygens (including phenoxy) is 2. The second-order valence-corrected chi connectivity index (χ2v) is 5.77. The fourth-order valence-corrected chi connectivity index (χ4v) is 2.75. The number of nitrogens with one attached hydrogen (secondary N) is 1. The summed E-state index contributed by atoms with van der Waals surface area (Å²) in [6.45, 7) is 2.03. The van der Waals surface area contributed by atoms with Crippen molar-refractivity contribution in [2.24, 2.45) is 0 Å². The number of anilines is 1. The van der Waals surface area contributed by atoms with Crippen molar-refractivity contribution in [2.45, 2.75) is 19.6 Å². The zero-order valence-electron chi connectivity index (χ0n) is 14.2. The largest absolute Gasteiger partial charge is 0.497 e. The Bertz CT molecular complexity index is 790. The molecule has 0 radical (unpaired) electrons. The summed E-state index contributed by atoms with van der Waals surface area (Å²) in [5.74, 6) is 0.882. The van der Waals surface area contributed by atoms with Crippen LogP contribution in [0.5, 0.6) is 11.5 Å². The van der Waals surface area contributed by atoms with Crippen LogP contribution >= 0.6 is 0 Å². The average Bonchev–Trinajstić information content (AvgIpc) is 2.65. The minimum absolute atomic E-state index is 0.124. The van der Waals surface area contributed by atoms with Crippen molar-refractivity contribution in [2.75, 3.05) is 18.6 Å². The summed E-state index contributed by atoms with van der Waals surface area (Å²) in [5, 5.41) is 2.85. The van der Waals surface area contributed by atoms with Gasteiger partial charge in [0.1, 0.15) is 11.5 Å². The van der Waals surface area contributed by atoms with E-state index in [0.717, 1.165) is 11.3 Å². The number of benzene rings is 2. The van der Waals surface area contributed by atoms with Crippen molar-refractivity contribution in [3.05, 3.63) is 54.1 Å². The van der Waals surface area contributed by atoms with Crippen LogP contribution in [0.1, 0.15) is 12.5 Å². The molecule has 0 unspecified atom stereocenters. The van der Waals surface area contributed by atoms with E-state index in [9.17, 15) is 9.59 Å². The first kappa shape index (κ1) is 16.8. The summed E-state index contributed by atoms with van der Waals surface area (Å²) in [5.41, 5.74) is 1.61. The maximum absolute atomic E-state index is 12.5. The molecule has 0 aromatic heterocycles. The third kappa shape index (κ3) is 3.74. The predicted molar refractivity (Wildman–Crippen MR) is 93.7 cm³/mol. The van der Waals surface area contributed by atoms with Gasteiger partial charge in [0.05, 0.1) is 19.3 Å². The average molecular weight is 340 g/mol. The molecule has 6 heteroatoms. The molecular formula is C19H20N2O4. The van der Waals surface area contributed by atoms with Gasteiger partial charge in [-0.1, -0.05) is 24.3 Å². The number of hydrogen-bond acceptors (Lipinski definition) is 4. The van der Waals surface area contributed by atoms with Crippen molar-refractivity contribution in [1.82, 2.24) is 5.32 Å². The first-order valence-corrected chi connectivity index (χ1v) is 8.03. The van der Waals surface area contributed by atoms with Gasteiger partial charge >= 0.3 is 0 Å². The highest BCUT2D eigenvalue weighted by Gasteiger charge is 2.32. The Morgan fingerprint density at radius 2 is 2.04 bits per heavy atom. The lowest BCUT2D eigenvalue weighted by Crippen LogP contribution is -2.50. The van der Waals surface area contributed by atoms with E-state index in [1.165, 1.54) is 6.92 Å². The summed E-state index contributed by atoms with van der Waals surface area (Å²) in [7, 11) is 1.60. The molecule has 0 saturated carbocycles. The molecule has 2 amide bonds. The number of rotatable bonds is 4. The zero-order chi connectivity index (χ0) is 17.8. The lowest BCUT2D eigenvalue weighted by atomic mass is 10.1. The van der Waals surface area contributed by atoms with Gasteiger partial charge in [-0.05, 0) is 29.8 Å². The number of hydrogen-bond donors (Lipinski definition) is 1. The monoisotopic (exact) mass is 340 g/mol. The van der Waals surface area contributed by atoms with Crippen molar-refractivity contribution >= 4 is 17.5 Å². The Morgan fingerprint density at radius 1 is 1.24 bits per heavy atom. The smallest absolute Gasteiger partial charge is 0.263 e. The van der Waals surface area contributed by atoms with Crippen molar-refractivity contribution in [3.63, 3.8) is 0 Å². The normalized spacial score (nSPS) is 15.8. The maximum Gasteiger partial charge on any atom is 0.263 e. The summed E-state index contributed by atoms with van der Waals surface area (Å²) >= 11 is 0. The number of amides is 2. The van der Waals surface area contributed by atoms with Gasteiger partial charge in [-0.25, -0.2) is 0 Å². The van der Waals surface area contributed by atoms with E-state index >= 15 is 0 Å². The first-order valence-electron chi connectivity index (χ1n) is 8.03. The van der Waals surface area contributed by atoms with Gasteiger partial charge in [0, 0.05) is 13.5 Å². The lowest BCUT2D eigenvalue weighted by molar-refractivity contribution is -0.128. The van der Waals surface area contributed by atoms with Gasteiger partial charge in [0.2, 0.25) is 5.91 Å². The molecule has 130 valence electrons. The van der Waals surface area contributed by atoms with Crippen molar-refractivity contribution < 1.29 is 19.1 Å². The molecule has 0 fully saturated rings. The number of fused-ring (bicyclic) bond motifs is 1. The Kier molecular flexibility index (Phi) is 4.88. The molecule has 2 aromatic carbocycles. The van der Waals surface area contributed by atoms with Crippen LogP contribution in [0.15, 0.2) is 48.5 Å². The van der Waals surface area contributed by atoms with Crippen molar-refractivity contribution in [3.8, 4) is 11.5 Å². The number of carbonyl (C=O) groups is 2. The molecular weight excluding hydrogens is 320 g/mol. The first-order chi connectivity index (χ1) is 12.1. The molecule has 0 saturated heterocycles. The summed E-state index contributed by atoms with van der Waals surface area (Å²) in [6, 6.07) is 14.7. The van der Waals surface area contributed by atoms with Crippen LogP contribution in [0.2, 0.25) is 0 Å². The minimum Gasteiger partial charge on any atom is -0.497 e. The summed E-state index contributed by atoms with van der Waals surface area (Å²) in [6.07, 6.45) is -0.746. The van der Waals surface area contributed by atoms with Gasteiger partial charge in [-0.2, -0.15) is 0 Å². The maximum atomic E-state index is 12.5. The molecule has 0 aliphatic carbocycles. The Morgan fingerprint density at radius 3 is 2.80 bits per heavy atom. The highest BCUT2D eigenvalue weighted by atomic mass is 16.5. The molecule has 3 rings (SSSR count). The number of methoxy groups -OCH3 is 1. The van der Waals surface area contributed by atoms with Gasteiger partial charge in [0.25, 0.3) is 5.91 Å². The molecule has 0 spiro atoms. The van der Waals surface area contributed by atoms with Gasteiger partial charge in [-0.15, -0.1) is 0 Å². The van der Waals surface area contributed by atoms with Crippen LogP contribution in [-0.4, -0.2) is 31.6 Å². The third-order valence-electron chi connectivity index (χ3n) is 4.05. The number of nitrogens with zero attached hydrogens (tertiary/aromatic N) is 1. The van der Waals surface area contributed by atoms with Crippen LogP contribution in [-0.2, 0) is 16.1 Å². The lowest BCUT2D eigenvalue weighted by Gasteiger charge is -2.33. The van der Waals surface area contributed by atoms with Crippen LogP contribution in [0.25, 0.3) is 0 Å². The SMILES string of the molecule is COc1cccc(CNC(=O)[C@H]2CN(C(C)=O)c3ccccc3O2)c1. The summed E-state index contributed by atoms with van der Waals surface area (Å²) in [4.78, 5) is 26.0. The number of para-hydroxylation sites is 2. The Hall–Kier alpha value is -3.02. The van der Waals surface area contributed by atoms with E-state index < -0.39 is 6.10 Å². The quantitative estimate of drug-likeness (QED) is 0.926. The van der Waals surface area contributed by atoms with E-state index in [1.807, 2.05) is 36.4 Å². The Balaban J connectivity index is 1.69. The van der Waals surface area contributed by atoms with Gasteiger partial charge in [0.15, 0.2) is 6.10 Å². The second kappa shape index (κ2) is 7.25.